The fourth-order valence-corrected chi connectivity index (χ4v) is 7.80. The van der Waals surface area contributed by atoms with Crippen molar-refractivity contribution in [2.45, 2.75) is 63.1 Å². The highest BCUT2D eigenvalue weighted by molar-refractivity contribution is 6.35. The summed E-state index contributed by atoms with van der Waals surface area (Å²) in [6.45, 7) is -1.23. The van der Waals surface area contributed by atoms with E-state index in [1.807, 2.05) is 0 Å². The minimum absolute atomic E-state index is 0.00164. The zero-order chi connectivity index (χ0) is 47.7. The molecule has 0 radical (unpaired) electrons. The molecule has 1 aromatic heterocycles. The number of pyridine rings is 1. The highest BCUT2D eigenvalue weighted by Gasteiger charge is 2.39. The third-order valence-electron chi connectivity index (χ3n) is 10.7. The number of aromatic nitrogens is 1. The maximum Gasteiger partial charge on any atom is 0.490 e. The summed E-state index contributed by atoms with van der Waals surface area (Å²) in [5.41, 5.74) is 0.856. The predicted molar refractivity (Wildman–Crippen MR) is 221 cm³/mol. The number of rotatable bonds is 17. The molecule has 3 aromatic carbocycles. The van der Waals surface area contributed by atoms with Crippen LogP contribution in [0, 0.1) is 22.9 Å². The van der Waals surface area contributed by atoms with Crippen molar-refractivity contribution in [3.63, 3.8) is 0 Å². The van der Waals surface area contributed by atoms with Crippen LogP contribution in [0.5, 0.6) is 11.5 Å². The number of halogens is 8. The number of hydrogen-bond acceptors (Lipinski definition) is 12. The average molecular weight is 973 g/mol. The Morgan fingerprint density at radius 3 is 2.21 bits per heavy atom. The molecule has 3 saturated heterocycles. The van der Waals surface area contributed by atoms with Gasteiger partial charge in [-0.2, -0.15) is 26.7 Å². The van der Waals surface area contributed by atoms with Crippen molar-refractivity contribution in [3.05, 3.63) is 122 Å². The number of nitrogens with zero attached hydrogens (tertiary/aromatic N) is 2. The second-order valence-corrected chi connectivity index (χ2v) is 16.3. The molecule has 4 fully saturated rings. The normalized spacial score (nSPS) is 18.5. The Labute approximate surface area is 382 Å². The van der Waals surface area contributed by atoms with E-state index in [0.717, 1.165) is 51.2 Å². The van der Waals surface area contributed by atoms with E-state index < -0.39 is 61.2 Å². The number of carbonyl (C=O) groups excluding carboxylic acids is 3. The van der Waals surface area contributed by atoms with Crippen molar-refractivity contribution in [3.8, 4) is 11.5 Å². The minimum atomic E-state index is -5.08. The molecule has 4 aromatic rings. The molecule has 2 bridgehead atoms. The van der Waals surface area contributed by atoms with Crippen LogP contribution in [-0.2, 0) is 35.0 Å². The first-order valence-electron chi connectivity index (χ1n) is 20.3. The second-order valence-electron chi connectivity index (χ2n) is 15.5. The number of hydrogen-bond donors (Lipinski definition) is 2. The molecule has 0 amide bonds. The van der Waals surface area contributed by atoms with E-state index in [-0.39, 0.29) is 80.5 Å². The van der Waals surface area contributed by atoms with E-state index in [0.29, 0.717) is 11.3 Å². The van der Waals surface area contributed by atoms with Gasteiger partial charge in [0.2, 0.25) is 0 Å². The van der Waals surface area contributed by atoms with E-state index in [9.17, 15) is 41.5 Å². The lowest BCUT2D eigenvalue weighted by atomic mass is 9.86. The van der Waals surface area contributed by atoms with Crippen LogP contribution in [0.25, 0.3) is 0 Å². The standard InChI is InChI=1S/C42H40Cl2F3N3O9.C2HF3O2/c43-31-19-50(54)20-32(44)30(31)18-35(26-10-11-34(59-42(46)47)36(17-26)55-22-24-8-9-24)57-38(51)23-56-40(52)27-4-3-5-28(16-27)48-39(29-6-1-2-7-33(29)45)41(53)58-37-21-49-14-12-25(37)13-15-49;3-2(4,5)1(6)7/h1-7,10-11,16-17,19-20,24-25,35,37,39,42,48H,8-9,12-15,18,21-23H2;(H,6,7)/t35-,37-,39?;/m0./s1. The van der Waals surface area contributed by atoms with Gasteiger partial charge >= 0.3 is 36.7 Å². The van der Waals surface area contributed by atoms with Gasteiger partial charge in [-0.3, -0.25) is 4.90 Å². The third-order valence-corrected chi connectivity index (χ3v) is 11.4. The quantitative estimate of drug-likeness (QED) is 0.0340. The van der Waals surface area contributed by atoms with Gasteiger partial charge in [-0.05, 0) is 92.6 Å². The maximum atomic E-state index is 15.1. The summed E-state index contributed by atoms with van der Waals surface area (Å²) in [5.74, 6) is -5.70. The number of nitrogens with one attached hydrogen (secondary N) is 1. The number of carbonyl (C=O) groups is 4. The van der Waals surface area contributed by atoms with Gasteiger partial charge in [0.15, 0.2) is 36.5 Å². The zero-order valence-corrected chi connectivity index (χ0v) is 36.0. The molecule has 8 rings (SSSR count). The van der Waals surface area contributed by atoms with Gasteiger partial charge in [-0.15, -0.1) is 0 Å². The topological polar surface area (TPSA) is 177 Å². The summed E-state index contributed by atoms with van der Waals surface area (Å²) in [6.07, 6.45) is -0.958. The van der Waals surface area contributed by atoms with Crippen molar-refractivity contribution < 1.29 is 79.0 Å². The molecule has 1 aliphatic carbocycles. The number of esters is 3. The molecule has 1 saturated carbocycles. The predicted octanol–water partition coefficient (Wildman–Crippen LogP) is 8.26. The first kappa shape index (κ1) is 49.4. The molecule has 354 valence electrons. The summed E-state index contributed by atoms with van der Waals surface area (Å²) in [5, 5.41) is 22.0. The van der Waals surface area contributed by atoms with Crippen LogP contribution in [0.1, 0.15) is 64.9 Å². The second kappa shape index (κ2) is 22.0. The highest BCUT2D eigenvalue weighted by Crippen LogP contribution is 2.38. The minimum Gasteiger partial charge on any atom is -0.619 e. The lowest BCUT2D eigenvalue weighted by Crippen LogP contribution is -2.52. The first-order chi connectivity index (χ1) is 31.3. The monoisotopic (exact) mass is 971 g/mol. The third kappa shape index (κ3) is 13.8. The molecular formula is C44H41Cl2F6N3O11. The van der Waals surface area contributed by atoms with Crippen LogP contribution in [0.2, 0.25) is 10.0 Å². The van der Waals surface area contributed by atoms with Crippen LogP contribution >= 0.6 is 23.2 Å². The average Bonchev–Trinajstić information content (AvgIpc) is 4.10. The molecule has 3 aliphatic heterocycles. The Bertz CT molecular complexity index is 2360. The van der Waals surface area contributed by atoms with E-state index >= 15 is 4.39 Å². The number of carboxylic acid groups (broad SMARTS) is 1. The van der Waals surface area contributed by atoms with Crippen LogP contribution in [0.4, 0.5) is 32.0 Å². The first-order valence-corrected chi connectivity index (χ1v) is 21.1. The largest absolute Gasteiger partial charge is 0.619 e. The Kier molecular flexibility index (Phi) is 16.5. The van der Waals surface area contributed by atoms with Crippen LogP contribution in [0.15, 0.2) is 79.1 Å². The Hall–Kier alpha value is -5.99. The fourth-order valence-electron chi connectivity index (χ4n) is 7.20. The van der Waals surface area contributed by atoms with Gasteiger partial charge in [0, 0.05) is 29.8 Å². The molecule has 0 spiro atoms. The number of anilines is 1. The molecule has 66 heavy (non-hydrogen) atoms. The van der Waals surface area contributed by atoms with Crippen LogP contribution in [-0.4, -0.2) is 85.6 Å². The van der Waals surface area contributed by atoms with Crippen molar-refractivity contribution in [1.29, 1.82) is 0 Å². The Morgan fingerprint density at radius 2 is 1.61 bits per heavy atom. The van der Waals surface area contributed by atoms with Gasteiger partial charge < -0.3 is 39.3 Å². The number of carboxylic acids is 1. The number of alkyl halides is 5. The molecular weight excluding hydrogens is 931 g/mol. The van der Waals surface area contributed by atoms with Gasteiger partial charge in [-0.25, -0.2) is 23.6 Å². The van der Waals surface area contributed by atoms with E-state index in [1.54, 1.807) is 12.1 Å². The number of ether oxygens (including phenoxy) is 5. The number of piperidine rings is 3. The van der Waals surface area contributed by atoms with Gasteiger partial charge in [0.05, 0.1) is 12.2 Å². The molecule has 4 heterocycles. The van der Waals surface area contributed by atoms with Gasteiger partial charge in [0.25, 0.3) is 0 Å². The van der Waals surface area contributed by atoms with Gasteiger partial charge in [0.1, 0.15) is 28.1 Å². The van der Waals surface area contributed by atoms with Crippen molar-refractivity contribution in [2.24, 2.45) is 11.8 Å². The number of benzene rings is 3. The molecule has 2 N–H and O–H groups in total. The van der Waals surface area contributed by atoms with Crippen LogP contribution < -0.4 is 19.5 Å². The zero-order valence-electron chi connectivity index (χ0n) is 34.5. The molecule has 3 atom stereocenters. The van der Waals surface area contributed by atoms with Crippen molar-refractivity contribution >= 4 is 52.8 Å². The molecule has 14 nitrogen and oxygen atoms in total. The Morgan fingerprint density at radius 1 is 0.924 bits per heavy atom. The summed E-state index contributed by atoms with van der Waals surface area (Å²) < 4.78 is 101. The van der Waals surface area contributed by atoms with E-state index in [4.69, 9.17) is 52.1 Å². The smallest absolute Gasteiger partial charge is 0.490 e. The highest BCUT2D eigenvalue weighted by atomic mass is 35.5. The summed E-state index contributed by atoms with van der Waals surface area (Å²) in [6, 6.07) is 14.6. The van der Waals surface area contributed by atoms with Crippen molar-refractivity contribution in [1.82, 2.24) is 4.90 Å². The number of fused-ring (bicyclic) bond motifs is 3. The van der Waals surface area contributed by atoms with Gasteiger partial charge in [-0.1, -0.05) is 53.5 Å². The number of aliphatic carboxylic acids is 1. The lowest BCUT2D eigenvalue weighted by molar-refractivity contribution is -0.605. The summed E-state index contributed by atoms with van der Waals surface area (Å²) in [7, 11) is 0. The SMILES string of the molecule is O=C(COC(=O)c1cccc(NC(C(=O)O[C@H]2CN3CCC2CC3)c2ccccc2F)c1)O[C@@H](Cc1c(Cl)c[n+]([O-])cc1Cl)c1ccc(OC(F)F)c(OCC2CC2)c1.O=C(O)C(F)(F)F. The maximum absolute atomic E-state index is 15.1. The van der Waals surface area contributed by atoms with Crippen molar-refractivity contribution in [2.75, 3.05) is 38.2 Å². The van der Waals surface area contributed by atoms with Crippen LogP contribution in [0.3, 0.4) is 0 Å². The summed E-state index contributed by atoms with van der Waals surface area (Å²) >= 11 is 12.7. The Balaban J connectivity index is 0.000000952. The molecule has 1 unspecified atom stereocenters. The van der Waals surface area contributed by atoms with E-state index in [2.05, 4.69) is 15.0 Å². The lowest BCUT2D eigenvalue weighted by Gasteiger charge is -2.44. The van der Waals surface area contributed by atoms with E-state index in [1.165, 1.54) is 54.6 Å². The summed E-state index contributed by atoms with van der Waals surface area (Å²) in [4.78, 5) is 51.4. The molecule has 22 heteroatoms. The fraction of sp³-hybridized carbons (Fsp3) is 0.386. The molecule has 4 aliphatic rings.